The fraction of sp³-hybridized carbons (Fsp3) is 0.846. The zero-order chi connectivity index (χ0) is 14.5. The molecule has 0 spiro atoms. The van der Waals surface area contributed by atoms with Gasteiger partial charge in [0.15, 0.2) is 0 Å². The summed E-state index contributed by atoms with van der Waals surface area (Å²) in [6, 6.07) is 0. The molecule has 0 radical (unpaired) electrons. The summed E-state index contributed by atoms with van der Waals surface area (Å²) in [5, 5.41) is 12.4. The summed E-state index contributed by atoms with van der Waals surface area (Å²) < 4.78 is 1.78. The van der Waals surface area contributed by atoms with Crippen molar-refractivity contribution >= 4 is 17.7 Å². The van der Waals surface area contributed by atoms with Gasteiger partial charge in [-0.3, -0.25) is 4.79 Å². The molecule has 0 aromatic carbocycles. The molecule has 1 fully saturated rings. The standard InChI is InChI=1S/C13H23N5OS/c1-10(2)8-18-13(14-15-16-18)20-9-12(19)17-6-4-11(3)5-7-17/h10-11H,4-9H2,1-3H3. The molecule has 0 atom stereocenters. The Hall–Kier alpha value is -1.11. The smallest absolute Gasteiger partial charge is 0.233 e. The average Bonchev–Trinajstić information content (AvgIpc) is 2.83. The van der Waals surface area contributed by atoms with E-state index in [-0.39, 0.29) is 5.91 Å². The van der Waals surface area contributed by atoms with Crippen molar-refractivity contribution in [3.05, 3.63) is 0 Å². The Morgan fingerprint density at radius 1 is 1.40 bits per heavy atom. The summed E-state index contributed by atoms with van der Waals surface area (Å²) in [5.74, 6) is 1.84. The van der Waals surface area contributed by atoms with E-state index in [0.717, 1.165) is 43.6 Å². The predicted octanol–water partition coefficient (Wildman–Crippen LogP) is 1.68. The van der Waals surface area contributed by atoms with Gasteiger partial charge < -0.3 is 4.90 Å². The molecule has 6 nitrogen and oxygen atoms in total. The van der Waals surface area contributed by atoms with E-state index in [9.17, 15) is 4.79 Å². The summed E-state index contributed by atoms with van der Waals surface area (Å²) in [6.07, 6.45) is 2.23. The lowest BCUT2D eigenvalue weighted by atomic mass is 9.99. The number of aromatic nitrogens is 4. The molecule has 0 aliphatic carbocycles. The predicted molar refractivity (Wildman–Crippen MR) is 78.4 cm³/mol. The first-order valence-electron chi connectivity index (χ1n) is 7.23. The molecule has 0 unspecified atom stereocenters. The van der Waals surface area contributed by atoms with Gasteiger partial charge in [0.1, 0.15) is 0 Å². The Labute approximate surface area is 124 Å². The highest BCUT2D eigenvalue weighted by Crippen LogP contribution is 2.19. The molecule has 7 heteroatoms. The Balaban J connectivity index is 1.83. The zero-order valence-electron chi connectivity index (χ0n) is 12.4. The second kappa shape index (κ2) is 7.06. The zero-order valence-corrected chi connectivity index (χ0v) is 13.3. The maximum absolute atomic E-state index is 12.2. The minimum Gasteiger partial charge on any atom is -0.342 e. The van der Waals surface area contributed by atoms with E-state index < -0.39 is 0 Å². The first-order valence-corrected chi connectivity index (χ1v) is 8.21. The van der Waals surface area contributed by atoms with Gasteiger partial charge in [0.05, 0.1) is 5.75 Å². The van der Waals surface area contributed by atoms with Crippen LogP contribution in [0.1, 0.15) is 33.6 Å². The van der Waals surface area contributed by atoms with Crippen molar-refractivity contribution in [2.45, 2.75) is 45.3 Å². The molecule has 112 valence electrons. The number of hydrogen-bond donors (Lipinski definition) is 0. The Morgan fingerprint density at radius 2 is 2.10 bits per heavy atom. The van der Waals surface area contributed by atoms with Crippen molar-refractivity contribution in [3.63, 3.8) is 0 Å². The largest absolute Gasteiger partial charge is 0.342 e. The van der Waals surface area contributed by atoms with E-state index in [1.807, 2.05) is 4.90 Å². The number of thioether (sulfide) groups is 1. The molecular formula is C13H23N5OS. The van der Waals surface area contributed by atoms with E-state index >= 15 is 0 Å². The third-order valence-corrected chi connectivity index (χ3v) is 4.44. The average molecular weight is 297 g/mol. The molecule has 1 saturated heterocycles. The third-order valence-electron chi connectivity index (χ3n) is 3.50. The lowest BCUT2D eigenvalue weighted by Gasteiger charge is -2.30. The van der Waals surface area contributed by atoms with Crippen LogP contribution in [0.15, 0.2) is 5.16 Å². The number of piperidine rings is 1. The number of carbonyl (C=O) groups excluding carboxylic acids is 1. The second-order valence-electron chi connectivity index (χ2n) is 5.89. The van der Waals surface area contributed by atoms with Crippen LogP contribution < -0.4 is 0 Å². The van der Waals surface area contributed by atoms with Gasteiger partial charge in [-0.1, -0.05) is 32.5 Å². The first kappa shape index (κ1) is 15.3. The molecule has 0 bridgehead atoms. The van der Waals surface area contributed by atoms with Crippen molar-refractivity contribution < 1.29 is 4.79 Å². The number of carbonyl (C=O) groups is 1. The van der Waals surface area contributed by atoms with E-state index in [0.29, 0.717) is 11.7 Å². The molecule has 1 aliphatic rings. The Bertz CT molecular complexity index is 440. The van der Waals surface area contributed by atoms with Crippen LogP contribution in [0, 0.1) is 11.8 Å². The molecule has 1 aliphatic heterocycles. The van der Waals surface area contributed by atoms with Gasteiger partial charge in [-0.2, -0.15) is 0 Å². The van der Waals surface area contributed by atoms with E-state index in [1.165, 1.54) is 11.8 Å². The van der Waals surface area contributed by atoms with Gasteiger partial charge in [-0.05, 0) is 35.1 Å². The number of amides is 1. The highest BCUT2D eigenvalue weighted by Gasteiger charge is 2.21. The fourth-order valence-electron chi connectivity index (χ4n) is 2.24. The monoisotopic (exact) mass is 297 g/mol. The van der Waals surface area contributed by atoms with E-state index in [2.05, 4.69) is 36.3 Å². The van der Waals surface area contributed by atoms with Crippen molar-refractivity contribution in [2.75, 3.05) is 18.8 Å². The molecule has 1 aromatic heterocycles. The molecule has 0 N–H and O–H groups in total. The number of likely N-dealkylation sites (tertiary alicyclic amines) is 1. The van der Waals surface area contributed by atoms with Crippen molar-refractivity contribution in [1.82, 2.24) is 25.1 Å². The van der Waals surface area contributed by atoms with Crippen molar-refractivity contribution in [3.8, 4) is 0 Å². The van der Waals surface area contributed by atoms with Crippen LogP contribution >= 0.6 is 11.8 Å². The summed E-state index contributed by atoms with van der Waals surface area (Å²) in [5.41, 5.74) is 0. The van der Waals surface area contributed by atoms with Crippen molar-refractivity contribution in [2.24, 2.45) is 11.8 Å². The first-order chi connectivity index (χ1) is 9.56. The minimum absolute atomic E-state index is 0.195. The number of hydrogen-bond acceptors (Lipinski definition) is 5. The Morgan fingerprint density at radius 3 is 2.75 bits per heavy atom. The quantitative estimate of drug-likeness (QED) is 0.774. The van der Waals surface area contributed by atoms with E-state index in [4.69, 9.17) is 0 Å². The lowest BCUT2D eigenvalue weighted by Crippen LogP contribution is -2.38. The number of rotatable bonds is 5. The summed E-state index contributed by atoms with van der Waals surface area (Å²) >= 11 is 1.43. The van der Waals surface area contributed by atoms with Crippen LogP contribution in [0.2, 0.25) is 0 Å². The van der Waals surface area contributed by atoms with Crippen LogP contribution in [0.3, 0.4) is 0 Å². The topological polar surface area (TPSA) is 63.9 Å². The third kappa shape index (κ3) is 4.19. The normalized spacial score (nSPS) is 16.9. The van der Waals surface area contributed by atoms with Gasteiger partial charge in [0, 0.05) is 19.6 Å². The van der Waals surface area contributed by atoms with Gasteiger partial charge in [0.25, 0.3) is 0 Å². The van der Waals surface area contributed by atoms with Gasteiger partial charge in [-0.15, -0.1) is 5.10 Å². The summed E-state index contributed by atoms with van der Waals surface area (Å²) in [7, 11) is 0. The van der Waals surface area contributed by atoms with Crippen molar-refractivity contribution in [1.29, 1.82) is 0 Å². The molecule has 0 saturated carbocycles. The lowest BCUT2D eigenvalue weighted by molar-refractivity contribution is -0.129. The van der Waals surface area contributed by atoms with Crippen LogP contribution in [-0.4, -0.2) is 49.9 Å². The SMILES string of the molecule is CC(C)Cn1nnnc1SCC(=O)N1CCC(C)CC1. The fourth-order valence-corrected chi connectivity index (χ4v) is 3.03. The molecule has 2 heterocycles. The minimum atomic E-state index is 0.195. The highest BCUT2D eigenvalue weighted by atomic mass is 32.2. The van der Waals surface area contributed by atoms with E-state index in [1.54, 1.807) is 4.68 Å². The highest BCUT2D eigenvalue weighted by molar-refractivity contribution is 7.99. The van der Waals surface area contributed by atoms with Gasteiger partial charge >= 0.3 is 0 Å². The molecular weight excluding hydrogens is 274 g/mol. The van der Waals surface area contributed by atoms with Crippen LogP contribution in [-0.2, 0) is 11.3 Å². The maximum Gasteiger partial charge on any atom is 0.233 e. The number of nitrogens with zero attached hydrogens (tertiary/aromatic N) is 5. The summed E-state index contributed by atoms with van der Waals surface area (Å²) in [4.78, 5) is 14.1. The van der Waals surface area contributed by atoms with Gasteiger partial charge in [0.2, 0.25) is 11.1 Å². The summed E-state index contributed by atoms with van der Waals surface area (Å²) in [6.45, 7) is 9.04. The van der Waals surface area contributed by atoms with Crippen LogP contribution in [0.4, 0.5) is 0 Å². The molecule has 2 rings (SSSR count). The van der Waals surface area contributed by atoms with Gasteiger partial charge in [-0.25, -0.2) is 4.68 Å². The van der Waals surface area contributed by atoms with Crippen LogP contribution in [0.5, 0.6) is 0 Å². The Kier molecular flexibility index (Phi) is 5.39. The number of tetrazole rings is 1. The molecule has 20 heavy (non-hydrogen) atoms. The van der Waals surface area contributed by atoms with Crippen LogP contribution in [0.25, 0.3) is 0 Å². The molecule has 1 aromatic rings. The maximum atomic E-state index is 12.2. The second-order valence-corrected chi connectivity index (χ2v) is 6.83. The molecule has 1 amide bonds.